The number of ether oxygens (including phenoxy) is 3. The maximum absolute atomic E-state index is 13.9. The van der Waals surface area contributed by atoms with Crippen molar-refractivity contribution in [2.75, 3.05) is 25.2 Å². The van der Waals surface area contributed by atoms with Crippen molar-refractivity contribution >= 4 is 35.2 Å². The average molecular weight is 471 g/mol. The first kappa shape index (κ1) is 21.6. The second-order valence-electron chi connectivity index (χ2n) is 8.47. The van der Waals surface area contributed by atoms with E-state index in [-0.39, 0.29) is 13.2 Å². The lowest BCUT2D eigenvalue weighted by molar-refractivity contribution is -0.154. The fourth-order valence-electron chi connectivity index (χ4n) is 5.44. The lowest BCUT2D eigenvalue weighted by atomic mass is 9.77. The van der Waals surface area contributed by atoms with Gasteiger partial charge < -0.3 is 19.1 Å². The molecular formula is C24H23ClN2O6. The third-order valence-corrected chi connectivity index (χ3v) is 7.06. The molecule has 172 valence electrons. The van der Waals surface area contributed by atoms with Crippen LogP contribution in [0.3, 0.4) is 0 Å². The summed E-state index contributed by atoms with van der Waals surface area (Å²) < 4.78 is 16.7. The molecule has 0 radical (unpaired) electrons. The fourth-order valence-corrected chi connectivity index (χ4v) is 5.62. The van der Waals surface area contributed by atoms with E-state index in [9.17, 15) is 14.4 Å². The Bertz CT molecular complexity index is 1170. The molecule has 0 bridgehead atoms. The Morgan fingerprint density at radius 1 is 1.24 bits per heavy atom. The van der Waals surface area contributed by atoms with Crippen molar-refractivity contribution in [1.82, 2.24) is 4.90 Å². The first-order valence-electron chi connectivity index (χ1n) is 10.7. The van der Waals surface area contributed by atoms with Gasteiger partial charge in [-0.25, -0.2) is 9.69 Å². The van der Waals surface area contributed by atoms with E-state index in [0.29, 0.717) is 22.2 Å². The minimum absolute atomic E-state index is 0.164. The minimum Gasteiger partial charge on any atom is -0.497 e. The molecule has 3 aliphatic heterocycles. The second-order valence-corrected chi connectivity index (χ2v) is 8.91. The van der Waals surface area contributed by atoms with Crippen molar-refractivity contribution in [2.24, 2.45) is 11.8 Å². The molecule has 2 fully saturated rings. The molecule has 4 atom stereocenters. The molecule has 0 unspecified atom stereocenters. The van der Waals surface area contributed by atoms with Crippen LogP contribution in [0.25, 0.3) is 0 Å². The number of rotatable bonds is 4. The van der Waals surface area contributed by atoms with Crippen LogP contribution < -0.4 is 14.4 Å². The summed E-state index contributed by atoms with van der Waals surface area (Å²) in [5, 5.41) is 0.397. The Labute approximate surface area is 195 Å². The van der Waals surface area contributed by atoms with Gasteiger partial charge in [0.05, 0.1) is 38.0 Å². The van der Waals surface area contributed by atoms with Crippen molar-refractivity contribution in [2.45, 2.75) is 25.4 Å². The summed E-state index contributed by atoms with van der Waals surface area (Å²) >= 11 is 6.14. The summed E-state index contributed by atoms with van der Waals surface area (Å²) in [6.07, 6.45) is 0. The van der Waals surface area contributed by atoms with Gasteiger partial charge in [0, 0.05) is 22.6 Å². The quantitative estimate of drug-likeness (QED) is 0.499. The van der Waals surface area contributed by atoms with Crippen LogP contribution in [-0.2, 0) is 14.3 Å². The maximum Gasteiger partial charge on any atom is 0.332 e. The largest absolute Gasteiger partial charge is 0.497 e. The molecule has 0 aromatic heterocycles. The van der Waals surface area contributed by atoms with Gasteiger partial charge in [-0.15, -0.1) is 0 Å². The van der Waals surface area contributed by atoms with E-state index in [1.807, 2.05) is 6.07 Å². The van der Waals surface area contributed by atoms with Gasteiger partial charge in [-0.1, -0.05) is 17.7 Å². The standard InChI is InChI=1S/C24H23ClN2O6/c1-4-32-21(28)19-17-12-33-18-11-15(31-3)8-9-16(18)20(17)27-23(30)26(22(29)24(19,27)2)14-7-5-6-13(25)10-14/h5-11,17,19-20H,4,12H2,1-3H3/t17-,19+,20-,24+/m1/s1. The zero-order chi connectivity index (χ0) is 23.5. The van der Waals surface area contributed by atoms with Gasteiger partial charge in [-0.2, -0.15) is 0 Å². The topological polar surface area (TPSA) is 85.4 Å². The zero-order valence-electron chi connectivity index (χ0n) is 18.4. The van der Waals surface area contributed by atoms with Crippen LogP contribution >= 0.6 is 11.6 Å². The molecule has 3 heterocycles. The van der Waals surface area contributed by atoms with Gasteiger partial charge in [-0.3, -0.25) is 9.59 Å². The number of carbonyl (C=O) groups is 3. The Morgan fingerprint density at radius 2 is 2.03 bits per heavy atom. The molecule has 2 aromatic rings. The SMILES string of the molecule is CCOC(=O)[C@@H]1[C@H]2COc3cc(OC)ccc3[C@H]2N2C(=O)N(c3cccc(Cl)c3)C(=O)[C@]12C. The molecule has 0 saturated carbocycles. The Morgan fingerprint density at radius 3 is 2.73 bits per heavy atom. The van der Waals surface area contributed by atoms with Crippen molar-refractivity contribution in [3.8, 4) is 11.5 Å². The van der Waals surface area contributed by atoms with Crippen molar-refractivity contribution in [3.63, 3.8) is 0 Å². The van der Waals surface area contributed by atoms with Crippen LogP contribution in [0.5, 0.6) is 11.5 Å². The number of amides is 3. The van der Waals surface area contributed by atoms with Gasteiger partial charge in [-0.05, 0) is 44.2 Å². The van der Waals surface area contributed by atoms with E-state index in [2.05, 4.69) is 0 Å². The number of nitrogens with zero attached hydrogens (tertiary/aromatic N) is 2. The molecule has 0 aliphatic carbocycles. The van der Waals surface area contributed by atoms with E-state index in [1.165, 1.54) is 4.90 Å². The van der Waals surface area contributed by atoms with Crippen molar-refractivity contribution < 1.29 is 28.6 Å². The molecule has 3 aliphatic rings. The summed E-state index contributed by atoms with van der Waals surface area (Å²) in [7, 11) is 1.56. The van der Waals surface area contributed by atoms with Crippen molar-refractivity contribution in [1.29, 1.82) is 0 Å². The number of halogens is 1. The second kappa shape index (κ2) is 7.66. The highest BCUT2D eigenvalue weighted by atomic mass is 35.5. The molecule has 5 rings (SSSR count). The predicted octanol–water partition coefficient (Wildman–Crippen LogP) is 3.82. The predicted molar refractivity (Wildman–Crippen MR) is 119 cm³/mol. The van der Waals surface area contributed by atoms with Gasteiger partial charge in [0.2, 0.25) is 0 Å². The van der Waals surface area contributed by atoms with Gasteiger partial charge in [0.1, 0.15) is 17.0 Å². The number of carbonyl (C=O) groups excluding carboxylic acids is 3. The lowest BCUT2D eigenvalue weighted by Gasteiger charge is -2.34. The van der Waals surface area contributed by atoms with E-state index in [1.54, 1.807) is 57.4 Å². The number of imide groups is 1. The molecule has 2 saturated heterocycles. The third-order valence-electron chi connectivity index (χ3n) is 6.83. The van der Waals surface area contributed by atoms with Gasteiger partial charge in [0.15, 0.2) is 0 Å². The highest BCUT2D eigenvalue weighted by Crippen LogP contribution is 2.58. The number of hydrogen-bond acceptors (Lipinski definition) is 6. The number of urea groups is 1. The van der Waals surface area contributed by atoms with Crippen LogP contribution in [0.4, 0.5) is 10.5 Å². The zero-order valence-corrected chi connectivity index (χ0v) is 19.2. The number of esters is 1. The molecule has 0 N–H and O–H groups in total. The average Bonchev–Trinajstić information content (AvgIpc) is 3.18. The summed E-state index contributed by atoms with van der Waals surface area (Å²) in [5.41, 5.74) is -0.361. The smallest absolute Gasteiger partial charge is 0.332 e. The van der Waals surface area contributed by atoms with E-state index in [0.717, 1.165) is 10.5 Å². The number of anilines is 1. The monoisotopic (exact) mass is 470 g/mol. The lowest BCUT2D eigenvalue weighted by Crippen LogP contribution is -2.51. The normalized spacial score (nSPS) is 27.6. The van der Waals surface area contributed by atoms with E-state index >= 15 is 0 Å². The molecule has 8 nitrogen and oxygen atoms in total. The molecular weight excluding hydrogens is 448 g/mol. The van der Waals surface area contributed by atoms with Crippen molar-refractivity contribution in [3.05, 3.63) is 53.1 Å². The van der Waals surface area contributed by atoms with Crippen LogP contribution in [0, 0.1) is 11.8 Å². The van der Waals surface area contributed by atoms with Crippen LogP contribution in [0.15, 0.2) is 42.5 Å². The van der Waals surface area contributed by atoms with Crippen LogP contribution in [0.2, 0.25) is 5.02 Å². The molecule has 3 amide bonds. The number of hydrogen-bond donors (Lipinski definition) is 0. The Hall–Kier alpha value is -3.26. The van der Waals surface area contributed by atoms with E-state index in [4.69, 9.17) is 25.8 Å². The van der Waals surface area contributed by atoms with Crippen LogP contribution in [0.1, 0.15) is 25.5 Å². The van der Waals surface area contributed by atoms with Gasteiger partial charge >= 0.3 is 12.0 Å². The first-order valence-corrected chi connectivity index (χ1v) is 11.1. The maximum atomic E-state index is 13.9. The Balaban J connectivity index is 1.68. The molecule has 9 heteroatoms. The summed E-state index contributed by atoms with van der Waals surface area (Å²) in [6, 6.07) is 10.8. The molecule has 2 aromatic carbocycles. The summed E-state index contributed by atoms with van der Waals surface area (Å²) in [6.45, 7) is 3.68. The number of methoxy groups -OCH3 is 1. The minimum atomic E-state index is -1.44. The molecule has 0 spiro atoms. The highest BCUT2D eigenvalue weighted by Gasteiger charge is 2.72. The third kappa shape index (κ3) is 2.93. The van der Waals surface area contributed by atoms with Crippen LogP contribution in [-0.4, -0.2) is 48.7 Å². The highest BCUT2D eigenvalue weighted by molar-refractivity contribution is 6.31. The van der Waals surface area contributed by atoms with Gasteiger partial charge in [0.25, 0.3) is 5.91 Å². The summed E-state index contributed by atoms with van der Waals surface area (Å²) in [5.74, 6) is -1.17. The number of benzene rings is 2. The number of fused-ring (bicyclic) bond motifs is 5. The van der Waals surface area contributed by atoms with E-state index < -0.39 is 41.3 Å². The molecule has 33 heavy (non-hydrogen) atoms. The first-order chi connectivity index (χ1) is 15.8. The fraction of sp³-hybridized carbons (Fsp3) is 0.375. The summed E-state index contributed by atoms with van der Waals surface area (Å²) in [4.78, 5) is 43.5. The Kier molecular flexibility index (Phi) is 5.01.